The van der Waals surface area contributed by atoms with Gasteiger partial charge in [-0.1, -0.05) is 0 Å². The average Bonchev–Trinajstić information content (AvgIpc) is 2.71. The molecule has 2 heterocycles. The van der Waals surface area contributed by atoms with Crippen LogP contribution in [-0.2, 0) is 4.74 Å². The number of aromatic nitrogens is 1. The fourth-order valence-corrected chi connectivity index (χ4v) is 3.82. The Balaban J connectivity index is 2.00. The van der Waals surface area contributed by atoms with Crippen molar-refractivity contribution in [1.29, 1.82) is 0 Å². The predicted molar refractivity (Wildman–Crippen MR) is 75.1 cm³/mol. The van der Waals surface area contributed by atoms with E-state index >= 15 is 0 Å². The van der Waals surface area contributed by atoms with E-state index in [2.05, 4.69) is 16.3 Å². The molecule has 0 saturated carbocycles. The first kappa shape index (κ1) is 13.0. The Labute approximate surface area is 111 Å². The molecule has 4 nitrogen and oxygen atoms in total. The van der Waals surface area contributed by atoms with Crippen molar-refractivity contribution in [3.63, 3.8) is 0 Å². The molecule has 96 valence electrons. The highest BCUT2D eigenvalue weighted by Gasteiger charge is 2.20. The van der Waals surface area contributed by atoms with Crippen molar-refractivity contribution in [2.24, 2.45) is 5.92 Å². The van der Waals surface area contributed by atoms with E-state index in [4.69, 9.17) is 10.5 Å². The Morgan fingerprint density at radius 2 is 2.47 bits per heavy atom. The van der Waals surface area contributed by atoms with Crippen molar-refractivity contribution < 1.29 is 4.74 Å². The molecule has 1 aliphatic rings. The zero-order chi connectivity index (χ0) is 12.3. The van der Waals surface area contributed by atoms with Gasteiger partial charge in [0.25, 0.3) is 0 Å². The Morgan fingerprint density at radius 3 is 3.12 bits per heavy atom. The highest BCUT2D eigenvalue weighted by molar-refractivity contribution is 7.99. The molecule has 2 N–H and O–H groups in total. The number of thioether (sulfide) groups is 1. The first-order chi connectivity index (χ1) is 8.22. The van der Waals surface area contributed by atoms with Crippen molar-refractivity contribution in [2.45, 2.75) is 17.7 Å². The van der Waals surface area contributed by atoms with Gasteiger partial charge >= 0.3 is 0 Å². The molecule has 1 fully saturated rings. The van der Waals surface area contributed by atoms with Crippen LogP contribution < -0.4 is 10.6 Å². The first-order valence-corrected chi connectivity index (χ1v) is 7.80. The quantitative estimate of drug-likeness (QED) is 0.853. The summed E-state index contributed by atoms with van der Waals surface area (Å²) in [4.78, 5) is 3.37. The summed E-state index contributed by atoms with van der Waals surface area (Å²) in [7, 11) is 2.11. The lowest BCUT2D eigenvalue weighted by Crippen LogP contribution is -2.30. The third-order valence-electron chi connectivity index (χ3n) is 2.99. The average molecular weight is 273 g/mol. The van der Waals surface area contributed by atoms with Gasteiger partial charge in [-0.05, 0) is 36.5 Å². The van der Waals surface area contributed by atoms with Crippen LogP contribution in [0.25, 0.3) is 0 Å². The molecule has 1 aromatic rings. The van der Waals surface area contributed by atoms with Crippen LogP contribution in [0, 0.1) is 5.92 Å². The number of anilines is 2. The summed E-state index contributed by atoms with van der Waals surface area (Å²) < 4.78 is 9.74. The fourth-order valence-electron chi connectivity index (χ4n) is 2.14. The Bertz CT molecular complexity index is 364. The van der Waals surface area contributed by atoms with Crippen LogP contribution in [0.4, 0.5) is 10.8 Å². The second-order valence-corrected chi connectivity index (χ2v) is 5.94. The molecule has 0 amide bonds. The van der Waals surface area contributed by atoms with E-state index in [1.165, 1.54) is 29.4 Å². The highest BCUT2D eigenvalue weighted by atomic mass is 32.2. The molecule has 0 aliphatic carbocycles. The molecule has 0 aromatic carbocycles. The zero-order valence-corrected chi connectivity index (χ0v) is 11.9. The van der Waals surface area contributed by atoms with E-state index in [0.717, 1.165) is 24.7 Å². The van der Waals surface area contributed by atoms with Crippen molar-refractivity contribution >= 4 is 34.1 Å². The normalized spacial score (nSPS) is 20.5. The molecule has 1 atom stereocenters. The molecule has 1 unspecified atom stereocenters. The van der Waals surface area contributed by atoms with Gasteiger partial charge in [-0.25, -0.2) is 0 Å². The van der Waals surface area contributed by atoms with Gasteiger partial charge in [-0.3, -0.25) is 0 Å². The number of nitrogen functional groups attached to an aromatic ring is 1. The van der Waals surface area contributed by atoms with Crippen molar-refractivity contribution in [3.05, 3.63) is 0 Å². The summed E-state index contributed by atoms with van der Waals surface area (Å²) in [5.41, 5.74) is 5.85. The molecule has 17 heavy (non-hydrogen) atoms. The van der Waals surface area contributed by atoms with Crippen molar-refractivity contribution in [3.8, 4) is 0 Å². The third kappa shape index (κ3) is 3.05. The number of nitrogens with two attached hydrogens (primary N) is 1. The van der Waals surface area contributed by atoms with Crippen LogP contribution in [0.3, 0.4) is 0 Å². The largest absolute Gasteiger partial charge is 0.382 e. The molecule has 0 bridgehead atoms. The maximum absolute atomic E-state index is 5.85. The summed E-state index contributed by atoms with van der Waals surface area (Å²) in [5.74, 6) is 1.29. The fraction of sp³-hybridized carbons (Fsp3) is 0.727. The zero-order valence-electron chi connectivity index (χ0n) is 10.3. The van der Waals surface area contributed by atoms with Crippen LogP contribution in [0.15, 0.2) is 4.90 Å². The van der Waals surface area contributed by atoms with Gasteiger partial charge in [0.1, 0.15) is 5.00 Å². The molecule has 2 rings (SSSR count). The van der Waals surface area contributed by atoms with Gasteiger partial charge < -0.3 is 15.4 Å². The van der Waals surface area contributed by atoms with Gasteiger partial charge in [-0.15, -0.1) is 11.8 Å². The molecule has 6 heteroatoms. The van der Waals surface area contributed by atoms with Gasteiger partial charge in [0.2, 0.25) is 0 Å². The summed E-state index contributed by atoms with van der Waals surface area (Å²) in [5, 5.41) is 1.18. The maximum atomic E-state index is 5.85. The Kier molecular flexibility index (Phi) is 4.53. The van der Waals surface area contributed by atoms with E-state index in [9.17, 15) is 0 Å². The minimum atomic E-state index is 0.631. The SMILES string of the molecule is CSc1c(N)nsc1N(C)CC1CCCOC1. The lowest BCUT2D eigenvalue weighted by Gasteiger charge is -2.27. The van der Waals surface area contributed by atoms with Crippen LogP contribution >= 0.6 is 23.3 Å². The summed E-state index contributed by atoms with van der Waals surface area (Å²) >= 11 is 3.16. The van der Waals surface area contributed by atoms with E-state index < -0.39 is 0 Å². The van der Waals surface area contributed by atoms with E-state index in [1.54, 1.807) is 11.8 Å². The van der Waals surface area contributed by atoms with E-state index in [1.807, 2.05) is 6.26 Å². The number of hydrogen-bond acceptors (Lipinski definition) is 6. The number of nitrogens with zero attached hydrogens (tertiary/aromatic N) is 2. The molecule has 1 aromatic heterocycles. The lowest BCUT2D eigenvalue weighted by molar-refractivity contribution is 0.0576. The maximum Gasteiger partial charge on any atom is 0.153 e. The van der Waals surface area contributed by atoms with Crippen molar-refractivity contribution in [2.75, 3.05) is 43.7 Å². The lowest BCUT2D eigenvalue weighted by atomic mass is 10.0. The monoisotopic (exact) mass is 273 g/mol. The Hall–Kier alpha value is -0.460. The van der Waals surface area contributed by atoms with Gasteiger partial charge in [-0.2, -0.15) is 4.37 Å². The smallest absolute Gasteiger partial charge is 0.153 e. The van der Waals surface area contributed by atoms with E-state index in [-0.39, 0.29) is 0 Å². The third-order valence-corrected chi connectivity index (χ3v) is 4.91. The Morgan fingerprint density at radius 1 is 1.65 bits per heavy atom. The molecule has 1 saturated heterocycles. The predicted octanol–water partition coefficient (Wildman–Crippen LogP) is 2.31. The van der Waals surface area contributed by atoms with Crippen LogP contribution in [0.5, 0.6) is 0 Å². The van der Waals surface area contributed by atoms with E-state index in [0.29, 0.717) is 11.7 Å². The number of hydrogen-bond donors (Lipinski definition) is 1. The molecule has 0 spiro atoms. The molecular weight excluding hydrogens is 254 g/mol. The van der Waals surface area contributed by atoms with Crippen LogP contribution in [0.2, 0.25) is 0 Å². The minimum absolute atomic E-state index is 0.631. The molecule has 1 aliphatic heterocycles. The summed E-state index contributed by atoms with van der Waals surface area (Å²) in [6.45, 7) is 2.83. The topological polar surface area (TPSA) is 51.4 Å². The molecular formula is C11H19N3OS2. The number of rotatable bonds is 4. The highest BCUT2D eigenvalue weighted by Crippen LogP contribution is 2.37. The minimum Gasteiger partial charge on any atom is -0.382 e. The van der Waals surface area contributed by atoms with Gasteiger partial charge in [0, 0.05) is 20.2 Å². The summed E-state index contributed by atoms with van der Waals surface area (Å²) in [6.07, 6.45) is 4.48. The second kappa shape index (κ2) is 5.93. The van der Waals surface area contributed by atoms with Crippen LogP contribution in [0.1, 0.15) is 12.8 Å². The van der Waals surface area contributed by atoms with Gasteiger partial charge in [0.05, 0.1) is 11.5 Å². The van der Waals surface area contributed by atoms with Gasteiger partial charge in [0.15, 0.2) is 5.82 Å². The second-order valence-electron chi connectivity index (χ2n) is 4.37. The standard InChI is InChI=1S/C11H19N3OS2/c1-14(6-8-4-3-5-15-7-8)11-9(16-2)10(12)13-17-11/h8H,3-7H2,1-2H3,(H2,12,13). The van der Waals surface area contributed by atoms with Crippen LogP contribution in [-0.4, -0.2) is 37.4 Å². The molecule has 0 radical (unpaired) electrons. The van der Waals surface area contributed by atoms with Crippen molar-refractivity contribution in [1.82, 2.24) is 4.37 Å². The first-order valence-electron chi connectivity index (χ1n) is 5.80. The number of ether oxygens (including phenoxy) is 1. The summed E-state index contributed by atoms with van der Waals surface area (Å²) in [6, 6.07) is 0.